The normalized spacial score (nSPS) is 11.5. The summed E-state index contributed by atoms with van der Waals surface area (Å²) in [5.41, 5.74) is 4.21. The highest BCUT2D eigenvalue weighted by atomic mass is 35.5. The SMILES string of the molecule is CN=C(NCc1ccc(-n2nc(C)cc2C)nc1)NCc1cccc(Cl)c1. The summed E-state index contributed by atoms with van der Waals surface area (Å²) in [6.45, 7) is 5.27. The van der Waals surface area contributed by atoms with Crippen molar-refractivity contribution in [3.63, 3.8) is 0 Å². The van der Waals surface area contributed by atoms with E-state index in [1.54, 1.807) is 7.05 Å². The van der Waals surface area contributed by atoms with Crippen LogP contribution in [0.25, 0.3) is 5.82 Å². The molecular formula is C20H23ClN6. The highest BCUT2D eigenvalue weighted by Gasteiger charge is 2.05. The van der Waals surface area contributed by atoms with E-state index >= 15 is 0 Å². The molecule has 0 saturated heterocycles. The first-order valence-corrected chi connectivity index (χ1v) is 9.10. The van der Waals surface area contributed by atoms with Crippen molar-refractivity contribution < 1.29 is 0 Å². The number of hydrogen-bond acceptors (Lipinski definition) is 3. The summed E-state index contributed by atoms with van der Waals surface area (Å²) in [6.07, 6.45) is 1.85. The van der Waals surface area contributed by atoms with E-state index in [2.05, 4.69) is 25.7 Å². The number of aliphatic imine (C=N–C) groups is 1. The van der Waals surface area contributed by atoms with Gasteiger partial charge in [0.15, 0.2) is 11.8 Å². The van der Waals surface area contributed by atoms with Crippen LogP contribution in [0.1, 0.15) is 22.5 Å². The molecule has 0 radical (unpaired) electrons. The first kappa shape index (κ1) is 18.9. The summed E-state index contributed by atoms with van der Waals surface area (Å²) in [6, 6.07) is 13.8. The number of rotatable bonds is 5. The quantitative estimate of drug-likeness (QED) is 0.524. The zero-order chi connectivity index (χ0) is 19.2. The van der Waals surface area contributed by atoms with Gasteiger partial charge in [0.2, 0.25) is 0 Å². The second-order valence-electron chi connectivity index (χ2n) is 6.27. The molecule has 0 unspecified atom stereocenters. The van der Waals surface area contributed by atoms with Gasteiger partial charge in [-0.15, -0.1) is 0 Å². The molecule has 1 aromatic carbocycles. The molecule has 0 aliphatic heterocycles. The molecule has 0 aliphatic carbocycles. The van der Waals surface area contributed by atoms with Crippen molar-refractivity contribution in [3.8, 4) is 5.82 Å². The highest BCUT2D eigenvalue weighted by molar-refractivity contribution is 6.30. The maximum absolute atomic E-state index is 6.02. The van der Waals surface area contributed by atoms with Crippen molar-refractivity contribution in [2.75, 3.05) is 7.05 Å². The van der Waals surface area contributed by atoms with Crippen molar-refractivity contribution in [2.45, 2.75) is 26.9 Å². The topological polar surface area (TPSA) is 67.1 Å². The Morgan fingerprint density at radius 2 is 1.85 bits per heavy atom. The van der Waals surface area contributed by atoms with Gasteiger partial charge in [-0.2, -0.15) is 5.10 Å². The molecule has 2 heterocycles. The molecule has 140 valence electrons. The average molecular weight is 383 g/mol. The van der Waals surface area contributed by atoms with Crippen molar-refractivity contribution in [2.24, 2.45) is 4.99 Å². The second-order valence-corrected chi connectivity index (χ2v) is 6.71. The lowest BCUT2D eigenvalue weighted by Crippen LogP contribution is -2.36. The van der Waals surface area contributed by atoms with Crippen LogP contribution in [0, 0.1) is 13.8 Å². The lowest BCUT2D eigenvalue weighted by molar-refractivity contribution is 0.790. The van der Waals surface area contributed by atoms with Crippen LogP contribution in [0.4, 0.5) is 0 Å². The van der Waals surface area contributed by atoms with Crippen molar-refractivity contribution in [1.82, 2.24) is 25.4 Å². The number of hydrogen-bond donors (Lipinski definition) is 2. The maximum Gasteiger partial charge on any atom is 0.191 e. The molecule has 2 aromatic heterocycles. The van der Waals surface area contributed by atoms with Gasteiger partial charge in [0, 0.05) is 37.1 Å². The van der Waals surface area contributed by atoms with E-state index in [0.29, 0.717) is 13.1 Å². The molecule has 0 spiro atoms. The lowest BCUT2D eigenvalue weighted by atomic mass is 10.2. The molecule has 3 aromatic rings. The molecule has 0 fully saturated rings. The Morgan fingerprint density at radius 1 is 1.07 bits per heavy atom. The average Bonchev–Trinajstić information content (AvgIpc) is 3.00. The summed E-state index contributed by atoms with van der Waals surface area (Å²) in [5.74, 6) is 1.53. The minimum absolute atomic E-state index is 0.625. The number of nitrogens with zero attached hydrogens (tertiary/aromatic N) is 4. The van der Waals surface area contributed by atoms with Crippen LogP contribution in [-0.4, -0.2) is 27.8 Å². The molecule has 3 rings (SSSR count). The Balaban J connectivity index is 1.56. The van der Waals surface area contributed by atoms with Gasteiger partial charge in [0.05, 0.1) is 5.69 Å². The van der Waals surface area contributed by atoms with Crippen molar-refractivity contribution >= 4 is 17.6 Å². The Labute approximate surface area is 164 Å². The van der Waals surface area contributed by atoms with E-state index in [9.17, 15) is 0 Å². The van der Waals surface area contributed by atoms with E-state index in [-0.39, 0.29) is 0 Å². The number of aryl methyl sites for hydroxylation is 2. The molecule has 7 heteroatoms. The smallest absolute Gasteiger partial charge is 0.191 e. The molecular weight excluding hydrogens is 360 g/mol. The Bertz CT molecular complexity index is 930. The molecule has 0 saturated carbocycles. The number of halogens is 1. The zero-order valence-corrected chi connectivity index (χ0v) is 16.5. The van der Waals surface area contributed by atoms with E-state index in [1.807, 2.05) is 67.2 Å². The van der Waals surface area contributed by atoms with Crippen LogP contribution in [-0.2, 0) is 13.1 Å². The van der Waals surface area contributed by atoms with Gasteiger partial charge in [0.1, 0.15) is 0 Å². The minimum atomic E-state index is 0.625. The predicted molar refractivity (Wildman–Crippen MR) is 109 cm³/mol. The molecule has 0 aliphatic rings. The number of pyridine rings is 1. The van der Waals surface area contributed by atoms with E-state index in [4.69, 9.17) is 11.6 Å². The van der Waals surface area contributed by atoms with Gasteiger partial charge < -0.3 is 10.6 Å². The Kier molecular flexibility index (Phi) is 6.08. The molecule has 6 nitrogen and oxygen atoms in total. The zero-order valence-electron chi connectivity index (χ0n) is 15.7. The summed E-state index contributed by atoms with van der Waals surface area (Å²) in [7, 11) is 1.75. The monoisotopic (exact) mass is 382 g/mol. The van der Waals surface area contributed by atoms with E-state index in [1.165, 1.54) is 0 Å². The predicted octanol–water partition coefficient (Wildman–Crippen LogP) is 3.40. The number of benzene rings is 1. The van der Waals surface area contributed by atoms with Crippen LogP contribution in [0.3, 0.4) is 0 Å². The van der Waals surface area contributed by atoms with Crippen molar-refractivity contribution in [1.29, 1.82) is 0 Å². The van der Waals surface area contributed by atoms with Gasteiger partial charge in [-0.3, -0.25) is 4.99 Å². The number of aromatic nitrogens is 3. The maximum atomic E-state index is 6.02. The fourth-order valence-corrected chi connectivity index (χ4v) is 2.96. The number of nitrogens with one attached hydrogen (secondary N) is 2. The third-order valence-corrected chi connectivity index (χ3v) is 4.30. The van der Waals surface area contributed by atoms with Crippen LogP contribution in [0.15, 0.2) is 53.7 Å². The number of guanidine groups is 1. The third kappa shape index (κ3) is 5.08. The Morgan fingerprint density at radius 3 is 2.44 bits per heavy atom. The summed E-state index contributed by atoms with van der Waals surface area (Å²) in [4.78, 5) is 8.76. The third-order valence-electron chi connectivity index (χ3n) is 4.07. The molecule has 2 N–H and O–H groups in total. The van der Waals surface area contributed by atoms with Crippen LogP contribution in [0.5, 0.6) is 0 Å². The first-order valence-electron chi connectivity index (χ1n) is 8.72. The first-order chi connectivity index (χ1) is 13.0. The molecule has 0 bridgehead atoms. The Hall–Kier alpha value is -2.86. The van der Waals surface area contributed by atoms with Crippen LogP contribution in [0.2, 0.25) is 5.02 Å². The molecule has 0 atom stereocenters. The summed E-state index contributed by atoms with van der Waals surface area (Å²) < 4.78 is 1.85. The summed E-state index contributed by atoms with van der Waals surface area (Å²) >= 11 is 6.02. The van der Waals surface area contributed by atoms with Gasteiger partial charge in [-0.1, -0.05) is 29.8 Å². The summed E-state index contributed by atoms with van der Waals surface area (Å²) in [5, 5.41) is 11.7. The minimum Gasteiger partial charge on any atom is -0.352 e. The van der Waals surface area contributed by atoms with Gasteiger partial charge in [-0.25, -0.2) is 9.67 Å². The fraction of sp³-hybridized carbons (Fsp3) is 0.250. The van der Waals surface area contributed by atoms with Crippen LogP contribution < -0.4 is 10.6 Å². The van der Waals surface area contributed by atoms with Gasteiger partial charge >= 0.3 is 0 Å². The van der Waals surface area contributed by atoms with Crippen LogP contribution >= 0.6 is 11.6 Å². The van der Waals surface area contributed by atoms with Crippen molar-refractivity contribution in [3.05, 3.63) is 76.2 Å². The van der Waals surface area contributed by atoms with Gasteiger partial charge in [0.25, 0.3) is 0 Å². The highest BCUT2D eigenvalue weighted by Crippen LogP contribution is 2.11. The lowest BCUT2D eigenvalue weighted by Gasteiger charge is -2.12. The standard InChI is InChI=1S/C20H23ClN6/c1-14-9-15(2)27(26-14)19-8-7-17(12-23-19)13-25-20(22-3)24-11-16-5-4-6-18(21)10-16/h4-10,12H,11,13H2,1-3H3,(H2,22,24,25). The second kappa shape index (κ2) is 8.68. The molecule has 27 heavy (non-hydrogen) atoms. The largest absolute Gasteiger partial charge is 0.352 e. The fourth-order valence-electron chi connectivity index (χ4n) is 2.75. The molecule has 0 amide bonds. The van der Waals surface area contributed by atoms with E-state index < -0.39 is 0 Å². The van der Waals surface area contributed by atoms with Gasteiger partial charge in [-0.05, 0) is 49.2 Å². The van der Waals surface area contributed by atoms with E-state index in [0.717, 1.165) is 39.3 Å².